The van der Waals surface area contributed by atoms with Crippen molar-refractivity contribution in [2.24, 2.45) is 0 Å². The van der Waals surface area contributed by atoms with Gasteiger partial charge in [-0.1, -0.05) is 24.3 Å². The largest absolute Gasteiger partial charge is 0.416 e. The number of aryl methyl sites for hydroxylation is 1. The Balaban J connectivity index is 1.75. The molecule has 29 heavy (non-hydrogen) atoms. The number of halogens is 3. The number of nitrogens with one attached hydrogen (secondary N) is 2. The molecule has 0 aliphatic heterocycles. The Kier molecular flexibility index (Phi) is 5.68. The quantitative estimate of drug-likeness (QED) is 0.608. The maximum absolute atomic E-state index is 12.8. The summed E-state index contributed by atoms with van der Waals surface area (Å²) < 4.78 is 38.5. The van der Waals surface area contributed by atoms with E-state index >= 15 is 0 Å². The minimum atomic E-state index is -4.51. The molecule has 7 heteroatoms. The zero-order valence-electron chi connectivity index (χ0n) is 15.4. The number of hydrogen-bond acceptors (Lipinski definition) is 2. The fourth-order valence-electron chi connectivity index (χ4n) is 2.70. The van der Waals surface area contributed by atoms with Gasteiger partial charge in [0.25, 0.3) is 11.8 Å². The smallest absolute Gasteiger partial charge is 0.322 e. The van der Waals surface area contributed by atoms with E-state index in [-0.39, 0.29) is 16.8 Å². The normalized spacial score (nSPS) is 11.0. The van der Waals surface area contributed by atoms with Gasteiger partial charge in [-0.3, -0.25) is 9.59 Å². The predicted molar refractivity (Wildman–Crippen MR) is 105 cm³/mol. The SMILES string of the molecule is Cc1cccc(NC(=O)c2cccc(C(=O)Nc3cccc(C(F)(F)F)c3)c2)c1. The molecule has 3 aromatic rings. The van der Waals surface area contributed by atoms with Gasteiger partial charge in [0.2, 0.25) is 0 Å². The topological polar surface area (TPSA) is 58.2 Å². The van der Waals surface area contributed by atoms with Gasteiger partial charge in [0.05, 0.1) is 5.56 Å². The average molecular weight is 398 g/mol. The second-order valence-electron chi connectivity index (χ2n) is 6.44. The molecule has 2 amide bonds. The fraction of sp³-hybridized carbons (Fsp3) is 0.0909. The maximum Gasteiger partial charge on any atom is 0.416 e. The molecule has 0 radical (unpaired) electrons. The van der Waals surface area contributed by atoms with Gasteiger partial charge in [-0.2, -0.15) is 13.2 Å². The summed E-state index contributed by atoms with van der Waals surface area (Å²) in [6, 6.07) is 17.6. The first kappa shape index (κ1) is 20.1. The summed E-state index contributed by atoms with van der Waals surface area (Å²) in [4.78, 5) is 24.9. The van der Waals surface area contributed by atoms with Crippen molar-refractivity contribution in [3.8, 4) is 0 Å². The van der Waals surface area contributed by atoms with Crippen molar-refractivity contribution in [2.75, 3.05) is 10.6 Å². The summed E-state index contributed by atoms with van der Waals surface area (Å²) in [6.45, 7) is 1.90. The molecule has 0 unspecified atom stereocenters. The molecule has 0 aliphatic rings. The van der Waals surface area contributed by atoms with Crippen LogP contribution in [0.15, 0.2) is 72.8 Å². The van der Waals surface area contributed by atoms with Crippen molar-refractivity contribution in [3.63, 3.8) is 0 Å². The summed E-state index contributed by atoms with van der Waals surface area (Å²) in [5.74, 6) is -1.01. The molecule has 148 valence electrons. The highest BCUT2D eigenvalue weighted by Crippen LogP contribution is 2.30. The van der Waals surface area contributed by atoms with Crippen LogP contribution < -0.4 is 10.6 Å². The van der Waals surface area contributed by atoms with Crippen LogP contribution in [0.5, 0.6) is 0 Å². The minimum Gasteiger partial charge on any atom is -0.322 e. The fourth-order valence-corrected chi connectivity index (χ4v) is 2.70. The highest BCUT2D eigenvalue weighted by Gasteiger charge is 2.30. The molecule has 0 heterocycles. The molecular formula is C22H17F3N2O2. The zero-order chi connectivity index (χ0) is 21.0. The molecule has 0 fully saturated rings. The number of benzene rings is 3. The lowest BCUT2D eigenvalue weighted by Crippen LogP contribution is -2.16. The standard InChI is InChI=1S/C22H17F3N2O2/c1-14-5-2-9-18(11-14)26-20(28)15-6-3-7-16(12-15)21(29)27-19-10-4-8-17(13-19)22(23,24)25/h2-13H,1H3,(H,26,28)(H,27,29). The monoisotopic (exact) mass is 398 g/mol. The number of carbonyl (C=O) groups excluding carboxylic acids is 2. The predicted octanol–water partition coefficient (Wildman–Crippen LogP) is 5.52. The summed E-state index contributed by atoms with van der Waals surface area (Å²) in [7, 11) is 0. The van der Waals surface area contributed by atoms with Gasteiger partial charge in [-0.15, -0.1) is 0 Å². The Morgan fingerprint density at radius 1 is 0.724 bits per heavy atom. The van der Waals surface area contributed by atoms with Crippen LogP contribution in [0.25, 0.3) is 0 Å². The first-order valence-electron chi connectivity index (χ1n) is 8.69. The van der Waals surface area contributed by atoms with Crippen molar-refractivity contribution in [2.45, 2.75) is 13.1 Å². The van der Waals surface area contributed by atoms with Gasteiger partial charge in [-0.25, -0.2) is 0 Å². The average Bonchev–Trinajstić information content (AvgIpc) is 2.67. The van der Waals surface area contributed by atoms with Crippen LogP contribution in [0.2, 0.25) is 0 Å². The van der Waals surface area contributed by atoms with Gasteiger partial charge in [0, 0.05) is 22.5 Å². The molecule has 0 aromatic heterocycles. The second kappa shape index (κ2) is 8.18. The number of hydrogen-bond donors (Lipinski definition) is 2. The van der Waals surface area contributed by atoms with E-state index in [1.807, 2.05) is 25.1 Å². The third-order valence-corrected chi connectivity index (χ3v) is 4.11. The number of anilines is 2. The number of rotatable bonds is 4. The lowest BCUT2D eigenvalue weighted by atomic mass is 10.1. The highest BCUT2D eigenvalue weighted by molar-refractivity contribution is 6.08. The van der Waals surface area contributed by atoms with Gasteiger partial charge in [0.1, 0.15) is 0 Å². The highest BCUT2D eigenvalue weighted by atomic mass is 19.4. The number of amides is 2. The lowest BCUT2D eigenvalue weighted by Gasteiger charge is -2.11. The molecule has 0 saturated carbocycles. The van der Waals surface area contributed by atoms with Gasteiger partial charge >= 0.3 is 6.18 Å². The van der Waals surface area contributed by atoms with Crippen LogP contribution in [0.3, 0.4) is 0 Å². The van der Waals surface area contributed by atoms with Crippen LogP contribution in [-0.4, -0.2) is 11.8 Å². The van der Waals surface area contributed by atoms with E-state index in [9.17, 15) is 22.8 Å². The summed E-state index contributed by atoms with van der Waals surface area (Å²) in [5.41, 5.74) is 1.16. The molecule has 0 saturated heterocycles. The summed E-state index contributed by atoms with van der Waals surface area (Å²) >= 11 is 0. The lowest BCUT2D eigenvalue weighted by molar-refractivity contribution is -0.137. The molecule has 0 atom stereocenters. The van der Waals surface area contributed by atoms with Gasteiger partial charge in [0.15, 0.2) is 0 Å². The second-order valence-corrected chi connectivity index (χ2v) is 6.44. The first-order chi connectivity index (χ1) is 13.7. The number of alkyl halides is 3. The van der Waals surface area contributed by atoms with E-state index in [0.29, 0.717) is 5.69 Å². The third-order valence-electron chi connectivity index (χ3n) is 4.11. The van der Waals surface area contributed by atoms with Crippen molar-refractivity contribution in [1.29, 1.82) is 0 Å². The molecule has 4 nitrogen and oxygen atoms in total. The van der Waals surface area contributed by atoms with E-state index < -0.39 is 23.6 Å². The van der Waals surface area contributed by atoms with Crippen molar-refractivity contribution >= 4 is 23.2 Å². The van der Waals surface area contributed by atoms with E-state index in [1.165, 1.54) is 30.3 Å². The van der Waals surface area contributed by atoms with Gasteiger partial charge in [-0.05, 0) is 61.0 Å². The van der Waals surface area contributed by atoms with Crippen molar-refractivity contribution in [3.05, 3.63) is 95.1 Å². The van der Waals surface area contributed by atoms with E-state index in [2.05, 4.69) is 10.6 Å². The Hall–Kier alpha value is -3.61. The summed E-state index contributed by atoms with van der Waals surface area (Å²) in [5, 5.41) is 5.17. The van der Waals surface area contributed by atoms with Crippen LogP contribution in [0.4, 0.5) is 24.5 Å². The van der Waals surface area contributed by atoms with Crippen molar-refractivity contribution in [1.82, 2.24) is 0 Å². The first-order valence-corrected chi connectivity index (χ1v) is 8.69. The molecule has 2 N–H and O–H groups in total. The molecule has 0 bridgehead atoms. The molecule has 3 rings (SSSR count). The Morgan fingerprint density at radius 3 is 1.79 bits per heavy atom. The maximum atomic E-state index is 12.8. The Bertz CT molecular complexity index is 1060. The Morgan fingerprint density at radius 2 is 1.24 bits per heavy atom. The van der Waals surface area contributed by atoms with Crippen LogP contribution in [-0.2, 0) is 6.18 Å². The van der Waals surface area contributed by atoms with Crippen LogP contribution >= 0.6 is 0 Å². The van der Waals surface area contributed by atoms with E-state index in [0.717, 1.165) is 17.7 Å². The minimum absolute atomic E-state index is 0.0134. The van der Waals surface area contributed by atoms with E-state index in [4.69, 9.17) is 0 Å². The molecular weight excluding hydrogens is 381 g/mol. The van der Waals surface area contributed by atoms with Crippen molar-refractivity contribution < 1.29 is 22.8 Å². The number of carbonyl (C=O) groups is 2. The third kappa shape index (κ3) is 5.22. The molecule has 3 aromatic carbocycles. The zero-order valence-corrected chi connectivity index (χ0v) is 15.4. The molecule has 0 aliphatic carbocycles. The van der Waals surface area contributed by atoms with Crippen LogP contribution in [0.1, 0.15) is 31.8 Å². The Labute approximate surface area is 165 Å². The molecule has 0 spiro atoms. The van der Waals surface area contributed by atoms with Gasteiger partial charge < -0.3 is 10.6 Å². The van der Waals surface area contributed by atoms with Crippen LogP contribution in [0, 0.1) is 6.92 Å². The summed E-state index contributed by atoms with van der Waals surface area (Å²) in [6.07, 6.45) is -4.51. The van der Waals surface area contributed by atoms with E-state index in [1.54, 1.807) is 12.1 Å².